The molecule has 1 amide bonds. The van der Waals surface area contributed by atoms with Crippen LogP contribution < -0.4 is 4.72 Å². The Bertz CT molecular complexity index is 973. The van der Waals surface area contributed by atoms with Crippen LogP contribution in [0.3, 0.4) is 0 Å². The van der Waals surface area contributed by atoms with E-state index < -0.39 is 15.4 Å². The van der Waals surface area contributed by atoms with E-state index in [2.05, 4.69) is 9.82 Å². The van der Waals surface area contributed by atoms with Gasteiger partial charge in [0.05, 0.1) is 18.2 Å². The fourth-order valence-electron chi connectivity index (χ4n) is 2.89. The molecule has 0 bridgehead atoms. The number of furan rings is 1. The topological polar surface area (TPSA) is 92.0 Å². The number of nitrogens with zero attached hydrogens (tertiary/aromatic N) is 2. The van der Waals surface area contributed by atoms with Crippen LogP contribution in [0.4, 0.5) is 5.69 Å². The van der Waals surface area contributed by atoms with Crippen molar-refractivity contribution < 1.29 is 17.6 Å². The number of hydrogen-bond acceptors (Lipinski definition) is 5. The van der Waals surface area contributed by atoms with Crippen molar-refractivity contribution in [3.05, 3.63) is 54.0 Å². The average molecular weight is 389 g/mol. The summed E-state index contributed by atoms with van der Waals surface area (Å²) in [5.74, 6) is 0.557. The highest BCUT2D eigenvalue weighted by Crippen LogP contribution is 2.36. The molecule has 0 aliphatic carbocycles. The van der Waals surface area contributed by atoms with Gasteiger partial charge < -0.3 is 4.42 Å². The predicted molar refractivity (Wildman–Crippen MR) is 104 cm³/mol. The number of amides is 1. The summed E-state index contributed by atoms with van der Waals surface area (Å²) in [5.41, 5.74) is 1.31. The number of anilines is 1. The van der Waals surface area contributed by atoms with Gasteiger partial charge in [0, 0.05) is 17.5 Å². The Morgan fingerprint density at radius 2 is 2.00 bits per heavy atom. The number of benzene rings is 1. The molecule has 0 spiro atoms. The Kier molecular flexibility index (Phi) is 4.86. The molecule has 27 heavy (non-hydrogen) atoms. The first-order valence-electron chi connectivity index (χ1n) is 8.57. The highest BCUT2D eigenvalue weighted by atomic mass is 32.2. The maximum Gasteiger partial charge on any atom is 0.248 e. The van der Waals surface area contributed by atoms with Gasteiger partial charge in [-0.2, -0.15) is 5.10 Å². The second-order valence-electron chi connectivity index (χ2n) is 7.64. The van der Waals surface area contributed by atoms with Crippen LogP contribution in [-0.4, -0.2) is 31.3 Å². The molecule has 1 unspecified atom stereocenters. The van der Waals surface area contributed by atoms with Crippen molar-refractivity contribution in [2.24, 2.45) is 10.5 Å². The minimum absolute atomic E-state index is 0.107. The van der Waals surface area contributed by atoms with Crippen molar-refractivity contribution in [1.29, 1.82) is 0 Å². The molecule has 0 saturated carbocycles. The number of hydrazone groups is 1. The van der Waals surface area contributed by atoms with E-state index in [1.807, 2.05) is 32.9 Å². The van der Waals surface area contributed by atoms with Crippen molar-refractivity contribution in [3.8, 4) is 0 Å². The van der Waals surface area contributed by atoms with Gasteiger partial charge in [0.15, 0.2) is 0 Å². The Hall–Kier alpha value is -2.61. The lowest BCUT2D eigenvalue weighted by atomic mass is 9.94. The van der Waals surface area contributed by atoms with Crippen molar-refractivity contribution in [2.45, 2.75) is 33.2 Å². The van der Waals surface area contributed by atoms with Gasteiger partial charge >= 0.3 is 0 Å². The molecule has 8 heteroatoms. The Morgan fingerprint density at radius 3 is 2.59 bits per heavy atom. The third-order valence-electron chi connectivity index (χ3n) is 4.13. The van der Waals surface area contributed by atoms with Crippen LogP contribution in [0.5, 0.6) is 0 Å². The summed E-state index contributed by atoms with van der Waals surface area (Å²) in [4.78, 5) is 12.9. The smallest absolute Gasteiger partial charge is 0.248 e. The molecule has 1 aliphatic heterocycles. The largest absolute Gasteiger partial charge is 0.467 e. The van der Waals surface area contributed by atoms with Crippen LogP contribution >= 0.6 is 0 Å². The van der Waals surface area contributed by atoms with Crippen molar-refractivity contribution in [3.63, 3.8) is 0 Å². The van der Waals surface area contributed by atoms with Gasteiger partial charge in [-0.05, 0) is 29.8 Å². The summed E-state index contributed by atoms with van der Waals surface area (Å²) < 4.78 is 31.0. The normalized spacial score (nSPS) is 17.7. The quantitative estimate of drug-likeness (QED) is 0.868. The van der Waals surface area contributed by atoms with Gasteiger partial charge in [0.25, 0.3) is 0 Å². The van der Waals surface area contributed by atoms with E-state index in [4.69, 9.17) is 4.42 Å². The number of rotatable bonds is 4. The zero-order valence-corrected chi connectivity index (χ0v) is 16.6. The maximum atomic E-state index is 12.9. The standard InChI is InChI=1S/C19H23N3O4S/c1-19(2,3)18(23)22-16(17-9-6-10-26-17)12-15(20-22)13-7-5-8-14(11-13)21-27(4,24)25/h5-11,16,21H,12H2,1-4H3. The summed E-state index contributed by atoms with van der Waals surface area (Å²) in [6.45, 7) is 5.54. The van der Waals surface area contributed by atoms with E-state index in [1.54, 1.807) is 30.5 Å². The number of nitrogens with one attached hydrogen (secondary N) is 1. The molecular formula is C19H23N3O4S. The predicted octanol–water partition coefficient (Wildman–Crippen LogP) is 3.37. The van der Waals surface area contributed by atoms with E-state index in [9.17, 15) is 13.2 Å². The van der Waals surface area contributed by atoms with E-state index in [0.717, 1.165) is 11.8 Å². The highest BCUT2D eigenvalue weighted by molar-refractivity contribution is 7.92. The minimum atomic E-state index is -3.38. The molecule has 0 radical (unpaired) electrons. The molecule has 1 aromatic heterocycles. The summed E-state index contributed by atoms with van der Waals surface area (Å²) in [6, 6.07) is 10.3. The highest BCUT2D eigenvalue weighted by Gasteiger charge is 2.39. The van der Waals surface area contributed by atoms with E-state index in [-0.39, 0.29) is 11.9 Å². The van der Waals surface area contributed by atoms with Crippen LogP contribution in [0.25, 0.3) is 0 Å². The third kappa shape index (κ3) is 4.39. The van der Waals surface area contributed by atoms with Gasteiger partial charge in [-0.25, -0.2) is 13.4 Å². The SMILES string of the molecule is CC(C)(C)C(=O)N1N=C(c2cccc(NS(C)(=O)=O)c2)CC1c1ccco1. The summed E-state index contributed by atoms with van der Waals surface area (Å²) in [5, 5.41) is 6.04. The summed E-state index contributed by atoms with van der Waals surface area (Å²) in [7, 11) is -3.38. The number of sulfonamides is 1. The van der Waals surface area contributed by atoms with Crippen LogP contribution in [0, 0.1) is 5.41 Å². The molecule has 2 heterocycles. The molecule has 144 valence electrons. The first kappa shape index (κ1) is 19.2. The third-order valence-corrected chi connectivity index (χ3v) is 4.74. The zero-order valence-electron chi connectivity index (χ0n) is 15.8. The molecule has 1 N–H and O–H groups in total. The first-order valence-corrected chi connectivity index (χ1v) is 10.5. The van der Waals surface area contributed by atoms with Gasteiger partial charge in [-0.3, -0.25) is 9.52 Å². The average Bonchev–Trinajstić information content (AvgIpc) is 3.21. The fourth-order valence-corrected chi connectivity index (χ4v) is 3.45. The summed E-state index contributed by atoms with van der Waals surface area (Å²) in [6.07, 6.45) is 3.16. The van der Waals surface area contributed by atoms with Gasteiger partial charge in [-0.1, -0.05) is 32.9 Å². The second-order valence-corrected chi connectivity index (χ2v) is 9.39. The van der Waals surface area contributed by atoms with Crippen LogP contribution in [0.2, 0.25) is 0 Å². The number of carbonyl (C=O) groups is 1. The van der Waals surface area contributed by atoms with Crippen molar-refractivity contribution >= 4 is 27.3 Å². The number of hydrogen-bond donors (Lipinski definition) is 1. The van der Waals surface area contributed by atoms with Crippen molar-refractivity contribution in [2.75, 3.05) is 11.0 Å². The lowest BCUT2D eigenvalue weighted by molar-refractivity contribution is -0.141. The first-order chi connectivity index (χ1) is 12.5. The monoisotopic (exact) mass is 389 g/mol. The minimum Gasteiger partial charge on any atom is -0.467 e. The molecule has 3 rings (SSSR count). The molecule has 1 aromatic carbocycles. The molecule has 0 fully saturated rings. The van der Waals surface area contributed by atoms with Gasteiger partial charge in [-0.15, -0.1) is 0 Å². The maximum absolute atomic E-state index is 12.9. The molecule has 2 aromatic rings. The van der Waals surface area contributed by atoms with E-state index in [0.29, 0.717) is 23.6 Å². The lowest BCUT2D eigenvalue weighted by Crippen LogP contribution is -2.36. The van der Waals surface area contributed by atoms with Crippen LogP contribution in [0.1, 0.15) is 44.6 Å². The molecule has 1 atom stereocenters. The second kappa shape index (κ2) is 6.84. The molecule has 1 aliphatic rings. The van der Waals surface area contributed by atoms with E-state index in [1.165, 1.54) is 5.01 Å². The van der Waals surface area contributed by atoms with Crippen LogP contribution in [-0.2, 0) is 14.8 Å². The van der Waals surface area contributed by atoms with Gasteiger partial charge in [0.1, 0.15) is 11.8 Å². The lowest BCUT2D eigenvalue weighted by Gasteiger charge is -2.27. The molecule has 7 nitrogen and oxygen atoms in total. The van der Waals surface area contributed by atoms with Crippen LogP contribution in [0.15, 0.2) is 52.2 Å². The number of carbonyl (C=O) groups excluding carboxylic acids is 1. The zero-order chi connectivity index (χ0) is 19.8. The molecule has 0 saturated heterocycles. The van der Waals surface area contributed by atoms with Crippen molar-refractivity contribution in [1.82, 2.24) is 5.01 Å². The van der Waals surface area contributed by atoms with E-state index >= 15 is 0 Å². The Morgan fingerprint density at radius 1 is 1.26 bits per heavy atom. The Balaban J connectivity index is 1.96. The van der Waals surface area contributed by atoms with Gasteiger partial charge in [0.2, 0.25) is 15.9 Å². The molecular weight excluding hydrogens is 366 g/mol. The Labute approximate surface area is 159 Å². The fraction of sp³-hybridized carbons (Fsp3) is 0.368. The summed E-state index contributed by atoms with van der Waals surface area (Å²) >= 11 is 0.